The molecule has 0 aromatic carbocycles. The smallest absolute Gasteiger partial charge is 0.147 e. The Morgan fingerprint density at radius 1 is 1.19 bits per heavy atom. The van der Waals surface area contributed by atoms with E-state index in [0.29, 0.717) is 37.2 Å². The van der Waals surface area contributed by atoms with Crippen LogP contribution in [0.4, 0.5) is 0 Å². The zero-order valence-electron chi connectivity index (χ0n) is 19.8. The molecule has 2 N–H and O–H groups in total. The van der Waals surface area contributed by atoms with Gasteiger partial charge in [0.25, 0.3) is 0 Å². The van der Waals surface area contributed by atoms with E-state index in [9.17, 15) is 10.2 Å². The Balaban J connectivity index is 1.64. The number of thiazole rings is 1. The van der Waals surface area contributed by atoms with E-state index in [1.165, 1.54) is 23.1 Å². The van der Waals surface area contributed by atoms with E-state index < -0.39 is 23.7 Å². The highest BCUT2D eigenvalue weighted by Crippen LogP contribution is 2.36. The molecular formula is C23H24Cl2N6O4S2. The maximum atomic E-state index is 10.2. The molecule has 14 heteroatoms. The van der Waals surface area contributed by atoms with Gasteiger partial charge in [-0.3, -0.25) is 9.97 Å². The normalized spacial score (nSPS) is 14.9. The summed E-state index contributed by atoms with van der Waals surface area (Å²) in [6.07, 6.45) is 2.60. The molecule has 0 aliphatic heterocycles. The van der Waals surface area contributed by atoms with E-state index in [0.717, 1.165) is 0 Å². The number of aromatic nitrogens is 6. The Morgan fingerprint density at radius 3 is 2.68 bits per heavy atom. The number of halogens is 2. The van der Waals surface area contributed by atoms with Crippen LogP contribution in [0.2, 0.25) is 10.2 Å². The third-order valence-electron chi connectivity index (χ3n) is 5.20. The van der Waals surface area contributed by atoms with Gasteiger partial charge in [0, 0.05) is 29.8 Å². The van der Waals surface area contributed by atoms with Gasteiger partial charge >= 0.3 is 0 Å². The number of methoxy groups -OCH3 is 1. The number of aliphatic hydroxyl groups is 2. The number of hydrogen-bond donors (Lipinski definition) is 2. The van der Waals surface area contributed by atoms with Crippen molar-refractivity contribution in [3.05, 3.63) is 58.4 Å². The Hall–Kier alpha value is -2.16. The predicted molar refractivity (Wildman–Crippen MR) is 143 cm³/mol. The fourth-order valence-electron chi connectivity index (χ4n) is 3.32. The van der Waals surface area contributed by atoms with Gasteiger partial charge in [-0.05, 0) is 25.1 Å². The van der Waals surface area contributed by atoms with Gasteiger partial charge in [-0.15, -0.1) is 16.4 Å². The molecule has 4 atom stereocenters. The molecule has 196 valence electrons. The number of hydrogen-bond acceptors (Lipinski definition) is 11. The van der Waals surface area contributed by atoms with E-state index >= 15 is 0 Å². The second-order valence-electron chi connectivity index (χ2n) is 7.87. The molecule has 4 rings (SSSR count). The molecule has 10 nitrogen and oxygen atoms in total. The van der Waals surface area contributed by atoms with Crippen LogP contribution >= 0.6 is 46.3 Å². The second-order valence-corrected chi connectivity index (χ2v) is 10.7. The molecule has 2 unspecified atom stereocenters. The van der Waals surface area contributed by atoms with Gasteiger partial charge in [0.05, 0.1) is 36.2 Å². The summed E-state index contributed by atoms with van der Waals surface area (Å²) in [4.78, 5) is 13.8. The lowest BCUT2D eigenvalue weighted by atomic mass is 10.2. The minimum Gasteiger partial charge on any atom is -0.394 e. The molecule has 0 saturated carbocycles. The first-order valence-electron chi connectivity index (χ1n) is 11.1. The monoisotopic (exact) mass is 582 g/mol. The first-order chi connectivity index (χ1) is 17.9. The number of rotatable bonds is 12. The van der Waals surface area contributed by atoms with Crippen molar-refractivity contribution >= 4 is 46.3 Å². The Kier molecular flexibility index (Phi) is 9.84. The Bertz CT molecular complexity index is 1290. The van der Waals surface area contributed by atoms with Crippen LogP contribution in [0.1, 0.15) is 6.92 Å². The zero-order chi connectivity index (χ0) is 26.4. The highest BCUT2D eigenvalue weighted by molar-refractivity contribution is 8.00. The van der Waals surface area contributed by atoms with Crippen molar-refractivity contribution in [3.63, 3.8) is 0 Å². The molecule has 4 aromatic heterocycles. The first kappa shape index (κ1) is 27.9. The lowest BCUT2D eigenvalue weighted by Gasteiger charge is -2.30. The number of aliphatic hydroxyl groups excluding tert-OH is 2. The Labute approximate surface area is 231 Å². The second kappa shape index (κ2) is 13.1. The lowest BCUT2D eigenvalue weighted by molar-refractivity contribution is -0.105. The lowest BCUT2D eigenvalue weighted by Crippen LogP contribution is -2.40. The average Bonchev–Trinajstić information content (AvgIpc) is 3.54. The van der Waals surface area contributed by atoms with E-state index in [-0.39, 0.29) is 13.2 Å². The van der Waals surface area contributed by atoms with Crippen LogP contribution < -0.4 is 0 Å². The van der Waals surface area contributed by atoms with Crippen molar-refractivity contribution in [3.8, 4) is 22.1 Å². The fourth-order valence-corrected chi connectivity index (χ4v) is 5.70. The molecule has 0 fully saturated rings. The van der Waals surface area contributed by atoms with Gasteiger partial charge in [-0.2, -0.15) is 0 Å². The van der Waals surface area contributed by atoms with Crippen LogP contribution in [0.3, 0.4) is 0 Å². The topological polar surface area (TPSA) is 128 Å². The third-order valence-corrected chi connectivity index (χ3v) is 7.81. The van der Waals surface area contributed by atoms with Crippen LogP contribution in [0.25, 0.3) is 22.1 Å². The summed E-state index contributed by atoms with van der Waals surface area (Å²) in [5, 5.41) is 31.6. The molecule has 0 aliphatic carbocycles. The highest BCUT2D eigenvalue weighted by atomic mass is 35.5. The van der Waals surface area contributed by atoms with Crippen LogP contribution in [0, 0.1) is 0 Å². The summed E-state index contributed by atoms with van der Waals surface area (Å²) in [6, 6.07) is 7.30. The first-order valence-corrected chi connectivity index (χ1v) is 13.6. The maximum absolute atomic E-state index is 10.2. The van der Waals surface area contributed by atoms with Gasteiger partial charge in [0.1, 0.15) is 39.2 Å². The third kappa shape index (κ3) is 7.24. The molecular weight excluding hydrogens is 559 g/mol. The van der Waals surface area contributed by atoms with Crippen LogP contribution in [-0.2, 0) is 16.0 Å². The van der Waals surface area contributed by atoms with Crippen molar-refractivity contribution in [1.29, 1.82) is 0 Å². The van der Waals surface area contributed by atoms with E-state index in [1.54, 1.807) is 48.8 Å². The van der Waals surface area contributed by atoms with E-state index in [2.05, 4.69) is 25.3 Å². The van der Waals surface area contributed by atoms with Gasteiger partial charge in [-0.25, -0.2) is 9.67 Å². The van der Waals surface area contributed by atoms with Crippen molar-refractivity contribution in [2.24, 2.45) is 0 Å². The summed E-state index contributed by atoms with van der Waals surface area (Å²) in [5.41, 5.74) is 1.14. The van der Waals surface area contributed by atoms with E-state index in [1.807, 2.05) is 18.2 Å². The largest absolute Gasteiger partial charge is 0.394 e. The molecule has 4 heterocycles. The molecule has 0 amide bonds. The minimum atomic E-state index is -0.925. The van der Waals surface area contributed by atoms with Crippen LogP contribution in [0.5, 0.6) is 0 Å². The van der Waals surface area contributed by atoms with Crippen LogP contribution in [-0.4, -0.2) is 77.6 Å². The zero-order valence-corrected chi connectivity index (χ0v) is 23.0. The molecule has 37 heavy (non-hydrogen) atoms. The number of ether oxygens (including phenoxy) is 2. The van der Waals surface area contributed by atoms with Gasteiger partial charge in [-0.1, -0.05) is 46.2 Å². The molecule has 0 radical (unpaired) electrons. The molecule has 0 aliphatic rings. The van der Waals surface area contributed by atoms with Crippen molar-refractivity contribution in [2.45, 2.75) is 42.1 Å². The van der Waals surface area contributed by atoms with Gasteiger partial charge < -0.3 is 19.7 Å². The van der Waals surface area contributed by atoms with Crippen molar-refractivity contribution in [1.82, 2.24) is 29.9 Å². The molecule has 0 saturated heterocycles. The highest BCUT2D eigenvalue weighted by Gasteiger charge is 2.31. The van der Waals surface area contributed by atoms with Crippen molar-refractivity contribution in [2.75, 3.05) is 13.7 Å². The standard InChI is InChI=1S/C23H24Cl2N6O4S2/c1-13(33)18(11-32)35-23(37-19-7-14(24)8-27-21(19)15-5-3-4-6-26-15)17(34-2)10-31-9-16(29-30-31)22-28-20(25)12-36-22/h3-9,12-13,17-18,23,32-33H,10-11H2,1-2H3/t13-,17+,18?,23?/m1/s1. The summed E-state index contributed by atoms with van der Waals surface area (Å²) in [6.45, 7) is 1.42. The van der Waals surface area contributed by atoms with Crippen LogP contribution in [0.15, 0.2) is 53.1 Å². The predicted octanol–water partition coefficient (Wildman–Crippen LogP) is 4.06. The average molecular weight is 584 g/mol. The van der Waals surface area contributed by atoms with Gasteiger partial charge in [0.15, 0.2) is 0 Å². The maximum Gasteiger partial charge on any atom is 0.147 e. The summed E-state index contributed by atoms with van der Waals surface area (Å²) in [5.74, 6) is 0. The minimum absolute atomic E-state index is 0.255. The summed E-state index contributed by atoms with van der Waals surface area (Å²) >= 11 is 14.9. The quantitative estimate of drug-likeness (QED) is 0.186. The molecule has 0 bridgehead atoms. The van der Waals surface area contributed by atoms with Gasteiger partial charge in [0.2, 0.25) is 0 Å². The SMILES string of the molecule is CO[C@@H](Cn1cc(-c2nc(Cl)cs2)nn1)C(OC(CO)[C@@H](C)O)Sc1cc(Cl)cnc1-c1ccccn1. The van der Waals surface area contributed by atoms with Crippen molar-refractivity contribution < 1.29 is 19.7 Å². The molecule has 4 aromatic rings. The summed E-state index contributed by atoms with van der Waals surface area (Å²) < 4.78 is 13.6. The molecule has 0 spiro atoms. The number of nitrogens with zero attached hydrogens (tertiary/aromatic N) is 6. The number of thioether (sulfide) groups is 1. The van der Waals surface area contributed by atoms with E-state index in [4.69, 9.17) is 32.7 Å². The Morgan fingerprint density at radius 2 is 2.03 bits per heavy atom. The fraction of sp³-hybridized carbons (Fsp3) is 0.348. The summed E-state index contributed by atoms with van der Waals surface area (Å²) in [7, 11) is 1.55. The number of pyridine rings is 2.